The van der Waals surface area contributed by atoms with Gasteiger partial charge >= 0.3 is 0 Å². The van der Waals surface area contributed by atoms with Crippen LogP contribution in [0.15, 0.2) is 65.4 Å². The Labute approximate surface area is 127 Å². The first-order valence-corrected chi connectivity index (χ1v) is 7.31. The van der Waals surface area contributed by atoms with E-state index in [2.05, 4.69) is 81.4 Å². The predicted molar refractivity (Wildman–Crippen MR) is 88.0 cm³/mol. The van der Waals surface area contributed by atoms with Gasteiger partial charge in [0.05, 0.1) is 0 Å². The van der Waals surface area contributed by atoms with E-state index in [0.29, 0.717) is 0 Å². The van der Waals surface area contributed by atoms with Gasteiger partial charge in [0.2, 0.25) is 0 Å². The lowest BCUT2D eigenvalue weighted by Crippen LogP contribution is -2.16. The van der Waals surface area contributed by atoms with Gasteiger partial charge in [0.15, 0.2) is 0 Å². The van der Waals surface area contributed by atoms with E-state index in [0.717, 1.165) is 11.0 Å². The van der Waals surface area contributed by atoms with Crippen molar-refractivity contribution in [2.24, 2.45) is 0 Å². The fourth-order valence-electron chi connectivity index (χ4n) is 2.32. The van der Waals surface area contributed by atoms with Crippen LogP contribution >= 0.6 is 15.9 Å². The van der Waals surface area contributed by atoms with Crippen molar-refractivity contribution in [3.8, 4) is 0 Å². The maximum atomic E-state index is 4.21. The van der Waals surface area contributed by atoms with Crippen LogP contribution in [0.4, 0.5) is 5.69 Å². The molecule has 2 aromatic carbocycles. The molecule has 100 valence electrons. The highest BCUT2D eigenvalue weighted by molar-refractivity contribution is 9.10. The van der Waals surface area contributed by atoms with E-state index in [-0.39, 0.29) is 0 Å². The van der Waals surface area contributed by atoms with Crippen LogP contribution in [0.3, 0.4) is 0 Å². The molecule has 0 radical (unpaired) electrons. The molecule has 1 aromatic heterocycles. The first-order chi connectivity index (χ1) is 9.72. The third kappa shape index (κ3) is 2.83. The van der Waals surface area contributed by atoms with E-state index < -0.39 is 0 Å². The number of pyridine rings is 1. The van der Waals surface area contributed by atoms with Gasteiger partial charge in [-0.1, -0.05) is 30.3 Å². The van der Waals surface area contributed by atoms with Gasteiger partial charge in [-0.15, -0.1) is 0 Å². The Hall–Kier alpha value is -1.87. The number of nitrogens with zero attached hydrogens (tertiary/aromatic N) is 2. The molecule has 3 rings (SSSR count). The van der Waals surface area contributed by atoms with Crippen LogP contribution in [0.25, 0.3) is 10.8 Å². The summed E-state index contributed by atoms with van der Waals surface area (Å²) in [7, 11) is 2.10. The molecule has 0 aliphatic heterocycles. The Balaban J connectivity index is 1.86. The van der Waals surface area contributed by atoms with Crippen LogP contribution in [-0.4, -0.2) is 12.0 Å². The zero-order valence-electron chi connectivity index (χ0n) is 11.3. The number of fused-ring (bicyclic) bond motifs is 1. The zero-order chi connectivity index (χ0) is 13.9. The lowest BCUT2D eigenvalue weighted by molar-refractivity contribution is 0.915. The summed E-state index contributed by atoms with van der Waals surface area (Å²) in [5, 5.41) is 2.54. The summed E-state index contributed by atoms with van der Waals surface area (Å²) in [5.41, 5.74) is 2.40. The Morgan fingerprint density at radius 3 is 2.60 bits per heavy atom. The molecule has 0 saturated heterocycles. The molecule has 0 N–H and O–H groups in total. The van der Waals surface area contributed by atoms with Gasteiger partial charge in [0.1, 0.15) is 0 Å². The highest BCUT2D eigenvalue weighted by Gasteiger charge is 2.04. The molecule has 0 bridgehead atoms. The van der Waals surface area contributed by atoms with Gasteiger partial charge in [-0.2, -0.15) is 0 Å². The van der Waals surface area contributed by atoms with Crippen LogP contribution in [0, 0.1) is 0 Å². The molecule has 0 aliphatic carbocycles. The molecule has 0 spiro atoms. The molecule has 2 nitrogen and oxygen atoms in total. The molecule has 0 fully saturated rings. The lowest BCUT2D eigenvalue weighted by Gasteiger charge is -2.20. The van der Waals surface area contributed by atoms with E-state index >= 15 is 0 Å². The zero-order valence-corrected chi connectivity index (χ0v) is 12.8. The number of benzene rings is 2. The van der Waals surface area contributed by atoms with Crippen molar-refractivity contribution in [2.75, 3.05) is 11.9 Å². The Kier molecular flexibility index (Phi) is 3.70. The maximum absolute atomic E-state index is 4.21. The number of halogens is 1. The van der Waals surface area contributed by atoms with E-state index in [4.69, 9.17) is 0 Å². The smallest absolute Gasteiger partial charge is 0.0441 e. The van der Waals surface area contributed by atoms with Crippen LogP contribution in [-0.2, 0) is 6.54 Å². The fraction of sp³-hybridized carbons (Fsp3) is 0.118. The Morgan fingerprint density at radius 2 is 1.80 bits per heavy atom. The monoisotopic (exact) mass is 326 g/mol. The highest BCUT2D eigenvalue weighted by atomic mass is 79.9. The molecule has 0 saturated carbocycles. The minimum Gasteiger partial charge on any atom is -0.370 e. The largest absolute Gasteiger partial charge is 0.370 e. The van der Waals surface area contributed by atoms with Crippen molar-refractivity contribution in [3.63, 3.8) is 0 Å². The summed E-state index contributed by atoms with van der Waals surface area (Å²) in [6.07, 6.45) is 3.71. The third-order valence-corrected chi connectivity index (χ3v) is 3.79. The number of hydrogen-bond donors (Lipinski definition) is 0. The predicted octanol–water partition coefficient (Wildman–Crippen LogP) is 4.63. The molecule has 1 heterocycles. The van der Waals surface area contributed by atoms with Crippen molar-refractivity contribution in [1.29, 1.82) is 0 Å². The van der Waals surface area contributed by atoms with Gasteiger partial charge in [-0.3, -0.25) is 4.98 Å². The first-order valence-electron chi connectivity index (χ1n) is 6.52. The van der Waals surface area contributed by atoms with E-state index in [1.54, 1.807) is 6.20 Å². The molecule has 3 heteroatoms. The minimum absolute atomic E-state index is 0.838. The van der Waals surface area contributed by atoms with Gasteiger partial charge in [-0.05, 0) is 50.5 Å². The Bertz CT molecular complexity index is 740. The second-order valence-corrected chi connectivity index (χ2v) is 5.81. The van der Waals surface area contributed by atoms with Gasteiger partial charge in [0, 0.05) is 36.1 Å². The van der Waals surface area contributed by atoms with Gasteiger partial charge in [-0.25, -0.2) is 0 Å². The van der Waals surface area contributed by atoms with Crippen molar-refractivity contribution in [3.05, 3.63) is 71.0 Å². The summed E-state index contributed by atoms with van der Waals surface area (Å²) >= 11 is 3.46. The Morgan fingerprint density at radius 1 is 1.00 bits per heavy atom. The highest BCUT2D eigenvalue weighted by Crippen LogP contribution is 2.22. The van der Waals surface area contributed by atoms with Crippen molar-refractivity contribution in [2.45, 2.75) is 6.54 Å². The molecule has 20 heavy (non-hydrogen) atoms. The van der Waals surface area contributed by atoms with Crippen molar-refractivity contribution in [1.82, 2.24) is 4.98 Å². The molecule has 0 aliphatic rings. The fourth-order valence-corrected chi connectivity index (χ4v) is 2.73. The molecule has 0 unspecified atom stereocenters. The van der Waals surface area contributed by atoms with E-state index in [1.165, 1.54) is 22.0 Å². The van der Waals surface area contributed by atoms with Crippen molar-refractivity contribution < 1.29 is 0 Å². The van der Waals surface area contributed by atoms with Crippen LogP contribution in [0.5, 0.6) is 0 Å². The van der Waals surface area contributed by atoms with Crippen molar-refractivity contribution >= 4 is 32.4 Å². The van der Waals surface area contributed by atoms with E-state index in [9.17, 15) is 0 Å². The first kappa shape index (κ1) is 13.1. The summed E-state index contributed by atoms with van der Waals surface area (Å²) in [6.45, 7) is 0.838. The number of rotatable bonds is 3. The minimum atomic E-state index is 0.838. The van der Waals surface area contributed by atoms with E-state index in [1.807, 2.05) is 6.20 Å². The van der Waals surface area contributed by atoms with Crippen LogP contribution in [0.2, 0.25) is 0 Å². The van der Waals surface area contributed by atoms with Gasteiger partial charge in [0.25, 0.3) is 0 Å². The van der Waals surface area contributed by atoms with Crippen LogP contribution < -0.4 is 4.90 Å². The number of aromatic nitrogens is 1. The molecule has 0 amide bonds. The average Bonchev–Trinajstić information content (AvgIpc) is 2.47. The second kappa shape index (κ2) is 5.63. The van der Waals surface area contributed by atoms with Gasteiger partial charge < -0.3 is 4.90 Å². The lowest BCUT2D eigenvalue weighted by atomic mass is 10.1. The second-order valence-electron chi connectivity index (χ2n) is 4.90. The summed E-state index contributed by atoms with van der Waals surface area (Å²) in [4.78, 5) is 6.44. The standard InChI is InChI=1S/C17H15BrN2/c1-20(12-13-8-16(18)11-19-10-13)17-7-6-14-4-2-3-5-15(14)9-17/h2-11H,12H2,1H3. The SMILES string of the molecule is CN(Cc1cncc(Br)c1)c1ccc2ccccc2c1. The topological polar surface area (TPSA) is 16.1 Å². The summed E-state index contributed by atoms with van der Waals surface area (Å²) in [6, 6.07) is 17.1. The molecular weight excluding hydrogens is 312 g/mol. The number of anilines is 1. The molecule has 3 aromatic rings. The van der Waals surface area contributed by atoms with Crippen LogP contribution in [0.1, 0.15) is 5.56 Å². The molecule has 0 atom stereocenters. The average molecular weight is 327 g/mol. The number of hydrogen-bond acceptors (Lipinski definition) is 2. The maximum Gasteiger partial charge on any atom is 0.0441 e. The molecular formula is C17H15BrN2. The summed E-state index contributed by atoms with van der Waals surface area (Å²) < 4.78 is 1.02. The summed E-state index contributed by atoms with van der Waals surface area (Å²) in [5.74, 6) is 0. The quantitative estimate of drug-likeness (QED) is 0.697. The normalized spacial score (nSPS) is 10.7. The third-order valence-electron chi connectivity index (χ3n) is 3.36.